The molecule has 142 valence electrons. The van der Waals surface area contributed by atoms with Crippen LogP contribution < -0.4 is 10.5 Å². The number of amidine groups is 1. The molecule has 0 fully saturated rings. The Morgan fingerprint density at radius 3 is 2.24 bits per heavy atom. The Morgan fingerprint density at radius 1 is 0.960 bits per heavy atom. The number of benzene rings is 1. The van der Waals surface area contributed by atoms with Gasteiger partial charge in [0.15, 0.2) is 0 Å². The van der Waals surface area contributed by atoms with E-state index in [4.69, 9.17) is 10.5 Å². The van der Waals surface area contributed by atoms with Crippen LogP contribution in [0.4, 0.5) is 0 Å². The molecule has 0 aromatic heterocycles. The smallest absolute Gasteiger partial charge is 0.125 e. The van der Waals surface area contributed by atoms with Gasteiger partial charge in [-0.05, 0) is 43.8 Å². The minimum absolute atomic E-state index is 0.606. The molecule has 25 heavy (non-hydrogen) atoms. The zero-order valence-electron chi connectivity index (χ0n) is 16.5. The number of hydrogen-bond donors (Lipinski definition) is 1. The maximum absolute atomic E-state index is 6.08. The fraction of sp³-hybridized carbons (Fsp3) is 0.667. The van der Waals surface area contributed by atoms with Crippen LogP contribution in [0.1, 0.15) is 64.9 Å². The van der Waals surface area contributed by atoms with Crippen molar-refractivity contribution in [2.75, 3.05) is 32.8 Å². The normalized spacial score (nSPS) is 11.9. The van der Waals surface area contributed by atoms with Crippen molar-refractivity contribution in [3.8, 4) is 5.75 Å². The summed E-state index contributed by atoms with van der Waals surface area (Å²) >= 11 is 0. The van der Waals surface area contributed by atoms with E-state index >= 15 is 0 Å². The van der Waals surface area contributed by atoms with Crippen LogP contribution in [0.15, 0.2) is 29.3 Å². The molecule has 0 radical (unpaired) electrons. The van der Waals surface area contributed by atoms with Crippen LogP contribution >= 0.6 is 0 Å². The predicted octanol–water partition coefficient (Wildman–Crippen LogP) is 4.47. The fourth-order valence-corrected chi connectivity index (χ4v) is 2.74. The van der Waals surface area contributed by atoms with E-state index in [1.807, 2.05) is 24.3 Å². The summed E-state index contributed by atoms with van der Waals surface area (Å²) in [5.74, 6) is 1.52. The molecule has 0 aliphatic rings. The molecule has 1 aromatic rings. The molecule has 4 nitrogen and oxygen atoms in total. The third-order valence-corrected chi connectivity index (χ3v) is 4.51. The lowest BCUT2D eigenvalue weighted by atomic mass is 10.1. The van der Waals surface area contributed by atoms with E-state index in [1.54, 1.807) is 0 Å². The summed E-state index contributed by atoms with van der Waals surface area (Å²) in [4.78, 5) is 6.83. The quantitative estimate of drug-likeness (QED) is 0.307. The fourth-order valence-electron chi connectivity index (χ4n) is 2.74. The van der Waals surface area contributed by atoms with E-state index in [2.05, 4.69) is 30.7 Å². The largest absolute Gasteiger partial charge is 0.494 e. The van der Waals surface area contributed by atoms with Gasteiger partial charge < -0.3 is 15.4 Å². The van der Waals surface area contributed by atoms with E-state index in [9.17, 15) is 0 Å². The molecule has 0 aliphatic carbocycles. The van der Waals surface area contributed by atoms with Crippen molar-refractivity contribution >= 4 is 5.84 Å². The Morgan fingerprint density at radius 2 is 1.60 bits per heavy atom. The number of ether oxygens (including phenoxy) is 1. The van der Waals surface area contributed by atoms with Crippen LogP contribution in [0.5, 0.6) is 5.75 Å². The highest BCUT2D eigenvalue weighted by Gasteiger charge is 2.01. The number of likely N-dealkylation sites (N-methyl/N-ethyl adjacent to an activating group) is 1. The van der Waals surface area contributed by atoms with Gasteiger partial charge in [0.25, 0.3) is 0 Å². The van der Waals surface area contributed by atoms with Crippen LogP contribution in [0.3, 0.4) is 0 Å². The minimum Gasteiger partial charge on any atom is -0.494 e. The highest BCUT2D eigenvalue weighted by atomic mass is 16.5. The summed E-state index contributed by atoms with van der Waals surface area (Å²) in [5.41, 5.74) is 7.05. The van der Waals surface area contributed by atoms with E-state index in [-0.39, 0.29) is 0 Å². The third-order valence-electron chi connectivity index (χ3n) is 4.51. The van der Waals surface area contributed by atoms with Crippen LogP contribution in [-0.2, 0) is 0 Å². The summed E-state index contributed by atoms with van der Waals surface area (Å²) in [6, 6.07) is 7.96. The standard InChI is InChI=1S/C21H37N3O/c1-4-7-8-9-10-11-18-25-20-14-12-19(13-15-20)21(22)23-16-17-24(5-2)6-3/h12-15H,4-11,16-18H2,1-3H3,(H2,22,23). The zero-order valence-corrected chi connectivity index (χ0v) is 16.5. The summed E-state index contributed by atoms with van der Waals surface area (Å²) in [7, 11) is 0. The molecule has 4 heteroatoms. The Balaban J connectivity index is 2.30. The second-order valence-electron chi connectivity index (χ2n) is 6.43. The number of hydrogen-bond acceptors (Lipinski definition) is 3. The second kappa shape index (κ2) is 13.7. The molecule has 0 unspecified atom stereocenters. The van der Waals surface area contributed by atoms with Gasteiger partial charge in [0.2, 0.25) is 0 Å². The molecule has 0 bridgehead atoms. The lowest BCUT2D eigenvalue weighted by molar-refractivity contribution is 0.304. The van der Waals surface area contributed by atoms with Crippen LogP contribution in [0.25, 0.3) is 0 Å². The molecular formula is C21H37N3O. The molecular weight excluding hydrogens is 310 g/mol. The van der Waals surface area contributed by atoms with E-state index in [0.29, 0.717) is 5.84 Å². The van der Waals surface area contributed by atoms with Crippen molar-refractivity contribution in [3.63, 3.8) is 0 Å². The summed E-state index contributed by atoms with van der Waals surface area (Å²) < 4.78 is 5.80. The van der Waals surface area contributed by atoms with Crippen molar-refractivity contribution in [2.45, 2.75) is 59.3 Å². The number of nitrogens with two attached hydrogens (primary N) is 1. The van der Waals surface area contributed by atoms with E-state index < -0.39 is 0 Å². The Kier molecular flexibility index (Phi) is 11.8. The van der Waals surface area contributed by atoms with Crippen molar-refractivity contribution < 1.29 is 4.74 Å². The first-order valence-corrected chi connectivity index (χ1v) is 9.96. The SMILES string of the molecule is CCCCCCCCOc1ccc(C(N)=NCCN(CC)CC)cc1. The van der Waals surface area contributed by atoms with Gasteiger partial charge in [0, 0.05) is 12.1 Å². The Hall–Kier alpha value is -1.55. The molecule has 0 heterocycles. The highest BCUT2D eigenvalue weighted by Crippen LogP contribution is 2.13. The topological polar surface area (TPSA) is 50.9 Å². The van der Waals surface area contributed by atoms with Gasteiger partial charge in [-0.25, -0.2) is 0 Å². The van der Waals surface area contributed by atoms with Gasteiger partial charge >= 0.3 is 0 Å². The second-order valence-corrected chi connectivity index (χ2v) is 6.43. The molecule has 1 aromatic carbocycles. The molecule has 0 saturated carbocycles. The van der Waals surface area contributed by atoms with Gasteiger partial charge in [-0.1, -0.05) is 52.9 Å². The highest BCUT2D eigenvalue weighted by molar-refractivity contribution is 5.97. The Bertz CT molecular complexity index is 467. The van der Waals surface area contributed by atoms with Crippen molar-refractivity contribution in [1.29, 1.82) is 0 Å². The first-order valence-electron chi connectivity index (χ1n) is 9.96. The van der Waals surface area contributed by atoms with Crippen LogP contribution in [0.2, 0.25) is 0 Å². The molecule has 2 N–H and O–H groups in total. The number of unbranched alkanes of at least 4 members (excludes halogenated alkanes) is 5. The molecule has 0 amide bonds. The maximum Gasteiger partial charge on any atom is 0.125 e. The van der Waals surface area contributed by atoms with Crippen molar-refractivity contribution in [1.82, 2.24) is 4.90 Å². The maximum atomic E-state index is 6.08. The van der Waals surface area contributed by atoms with E-state index in [1.165, 1.54) is 32.1 Å². The summed E-state index contributed by atoms with van der Waals surface area (Å²) in [5, 5.41) is 0. The lowest BCUT2D eigenvalue weighted by Crippen LogP contribution is -2.26. The van der Waals surface area contributed by atoms with Crippen molar-refractivity contribution in [3.05, 3.63) is 29.8 Å². The predicted molar refractivity (Wildman–Crippen MR) is 109 cm³/mol. The van der Waals surface area contributed by atoms with Gasteiger partial charge in [-0.15, -0.1) is 0 Å². The van der Waals surface area contributed by atoms with Crippen LogP contribution in [-0.4, -0.2) is 43.5 Å². The van der Waals surface area contributed by atoms with Gasteiger partial charge in [-0.3, -0.25) is 4.99 Å². The summed E-state index contributed by atoms with van der Waals surface area (Å²) in [6.07, 6.45) is 7.68. The monoisotopic (exact) mass is 347 g/mol. The van der Waals surface area contributed by atoms with Crippen LogP contribution in [0, 0.1) is 0 Å². The average molecular weight is 348 g/mol. The molecule has 0 spiro atoms. The van der Waals surface area contributed by atoms with Gasteiger partial charge in [0.1, 0.15) is 11.6 Å². The van der Waals surface area contributed by atoms with E-state index in [0.717, 1.165) is 50.5 Å². The average Bonchev–Trinajstić information content (AvgIpc) is 2.65. The molecule has 0 saturated heterocycles. The first kappa shape index (κ1) is 21.5. The minimum atomic E-state index is 0.606. The Labute approximate surface area is 154 Å². The molecule has 1 rings (SSSR count). The lowest BCUT2D eigenvalue weighted by Gasteiger charge is -2.16. The number of nitrogens with zero attached hydrogens (tertiary/aromatic N) is 2. The third kappa shape index (κ3) is 9.49. The molecule has 0 aliphatic heterocycles. The summed E-state index contributed by atoms with van der Waals surface area (Å²) in [6.45, 7) is 11.2. The van der Waals surface area contributed by atoms with Gasteiger partial charge in [-0.2, -0.15) is 0 Å². The molecule has 0 atom stereocenters. The zero-order chi connectivity index (χ0) is 18.3. The number of rotatable bonds is 14. The van der Waals surface area contributed by atoms with Crippen molar-refractivity contribution in [2.24, 2.45) is 10.7 Å². The van der Waals surface area contributed by atoms with Gasteiger partial charge in [0.05, 0.1) is 13.2 Å². The number of aliphatic imine (C=N–C) groups is 1. The first-order chi connectivity index (χ1) is 12.2.